The molecule has 2 heterocycles. The summed E-state index contributed by atoms with van der Waals surface area (Å²) in [6.45, 7) is 4.99. The second-order valence-electron chi connectivity index (χ2n) is 5.99. The summed E-state index contributed by atoms with van der Waals surface area (Å²) in [7, 11) is 0. The molecule has 0 saturated carbocycles. The van der Waals surface area contributed by atoms with Crippen LogP contribution in [0.2, 0.25) is 0 Å². The smallest absolute Gasteiger partial charge is 0.245 e. The van der Waals surface area contributed by atoms with Crippen LogP contribution in [-0.4, -0.2) is 35.7 Å². The van der Waals surface area contributed by atoms with E-state index in [1.807, 2.05) is 30.3 Å². The Kier molecular flexibility index (Phi) is 4.27. The molecule has 4 heteroatoms. The van der Waals surface area contributed by atoms with Gasteiger partial charge in [0.25, 0.3) is 0 Å². The van der Waals surface area contributed by atoms with Gasteiger partial charge in [0.05, 0.1) is 18.3 Å². The fourth-order valence-electron chi connectivity index (χ4n) is 3.51. The zero-order valence-electron chi connectivity index (χ0n) is 12.8. The SMILES string of the molecule is CCCC1NC(c2ccccc2)C(=O)N1C1CCOC1C. The maximum Gasteiger partial charge on any atom is 0.245 e. The van der Waals surface area contributed by atoms with Crippen molar-refractivity contribution >= 4 is 5.91 Å². The fourth-order valence-corrected chi connectivity index (χ4v) is 3.51. The topological polar surface area (TPSA) is 41.6 Å². The molecular weight excluding hydrogens is 264 g/mol. The lowest BCUT2D eigenvalue weighted by Gasteiger charge is -2.31. The number of ether oxygens (including phenoxy) is 1. The monoisotopic (exact) mass is 288 g/mol. The van der Waals surface area contributed by atoms with E-state index in [4.69, 9.17) is 4.74 Å². The van der Waals surface area contributed by atoms with E-state index < -0.39 is 0 Å². The first-order valence-corrected chi connectivity index (χ1v) is 7.97. The zero-order valence-corrected chi connectivity index (χ0v) is 12.8. The van der Waals surface area contributed by atoms with Gasteiger partial charge in [0, 0.05) is 6.61 Å². The van der Waals surface area contributed by atoms with E-state index >= 15 is 0 Å². The Morgan fingerprint density at radius 2 is 2.10 bits per heavy atom. The molecule has 4 unspecified atom stereocenters. The molecule has 4 atom stereocenters. The van der Waals surface area contributed by atoms with Crippen LogP contribution in [-0.2, 0) is 9.53 Å². The maximum atomic E-state index is 12.9. The third-order valence-corrected chi connectivity index (χ3v) is 4.58. The first kappa shape index (κ1) is 14.5. The third kappa shape index (κ3) is 2.70. The van der Waals surface area contributed by atoms with Crippen LogP contribution in [0.5, 0.6) is 0 Å². The number of carbonyl (C=O) groups is 1. The van der Waals surface area contributed by atoms with Crippen molar-refractivity contribution in [2.24, 2.45) is 0 Å². The van der Waals surface area contributed by atoms with Gasteiger partial charge in [-0.05, 0) is 25.3 Å². The van der Waals surface area contributed by atoms with Gasteiger partial charge in [0.15, 0.2) is 0 Å². The van der Waals surface area contributed by atoms with E-state index in [0.29, 0.717) is 0 Å². The summed E-state index contributed by atoms with van der Waals surface area (Å²) < 4.78 is 5.67. The molecule has 2 saturated heterocycles. The molecule has 0 aromatic heterocycles. The molecule has 114 valence electrons. The van der Waals surface area contributed by atoms with E-state index in [1.165, 1.54) is 0 Å². The number of hydrogen-bond donors (Lipinski definition) is 1. The summed E-state index contributed by atoms with van der Waals surface area (Å²) in [4.78, 5) is 15.0. The maximum absolute atomic E-state index is 12.9. The summed E-state index contributed by atoms with van der Waals surface area (Å²) in [5.74, 6) is 0.196. The van der Waals surface area contributed by atoms with Crippen LogP contribution in [0.15, 0.2) is 30.3 Å². The van der Waals surface area contributed by atoms with Gasteiger partial charge in [-0.25, -0.2) is 0 Å². The Morgan fingerprint density at radius 1 is 1.33 bits per heavy atom. The highest BCUT2D eigenvalue weighted by atomic mass is 16.5. The molecule has 0 radical (unpaired) electrons. The average Bonchev–Trinajstić information content (AvgIpc) is 3.04. The number of carbonyl (C=O) groups excluding carboxylic acids is 1. The third-order valence-electron chi connectivity index (χ3n) is 4.58. The van der Waals surface area contributed by atoms with Gasteiger partial charge in [-0.3, -0.25) is 10.1 Å². The molecule has 1 amide bonds. The quantitative estimate of drug-likeness (QED) is 0.925. The Balaban J connectivity index is 1.85. The highest BCUT2D eigenvalue weighted by Gasteiger charge is 2.45. The Bertz CT molecular complexity index is 491. The van der Waals surface area contributed by atoms with Crippen molar-refractivity contribution in [2.75, 3.05) is 6.61 Å². The van der Waals surface area contributed by atoms with Gasteiger partial charge >= 0.3 is 0 Å². The summed E-state index contributed by atoms with van der Waals surface area (Å²) in [6, 6.07) is 10.0. The summed E-state index contributed by atoms with van der Waals surface area (Å²) >= 11 is 0. The molecular formula is C17H24N2O2. The standard InChI is InChI=1S/C17H24N2O2/c1-3-7-15-18-16(13-8-5-4-6-9-13)17(20)19(15)14-10-11-21-12(14)2/h4-6,8-9,12,14-16,18H,3,7,10-11H2,1-2H3. The minimum atomic E-state index is -0.212. The number of nitrogens with zero attached hydrogens (tertiary/aromatic N) is 1. The Hall–Kier alpha value is -1.39. The molecule has 2 fully saturated rings. The average molecular weight is 288 g/mol. The van der Waals surface area contributed by atoms with E-state index in [1.54, 1.807) is 0 Å². The molecule has 4 nitrogen and oxygen atoms in total. The lowest BCUT2D eigenvalue weighted by atomic mass is 10.1. The minimum absolute atomic E-state index is 0.127. The lowest BCUT2D eigenvalue weighted by molar-refractivity contribution is -0.133. The Morgan fingerprint density at radius 3 is 2.71 bits per heavy atom. The molecule has 3 rings (SSSR count). The minimum Gasteiger partial charge on any atom is -0.376 e. The van der Waals surface area contributed by atoms with Crippen molar-refractivity contribution in [3.8, 4) is 0 Å². The molecule has 1 aromatic carbocycles. The highest BCUT2D eigenvalue weighted by molar-refractivity contribution is 5.86. The summed E-state index contributed by atoms with van der Waals surface area (Å²) in [6.07, 6.45) is 3.24. The fraction of sp³-hybridized carbons (Fsp3) is 0.588. The lowest BCUT2D eigenvalue weighted by Crippen LogP contribution is -2.47. The first-order chi connectivity index (χ1) is 10.2. The molecule has 21 heavy (non-hydrogen) atoms. The number of hydrogen-bond acceptors (Lipinski definition) is 3. The van der Waals surface area contributed by atoms with Gasteiger partial charge in [-0.2, -0.15) is 0 Å². The predicted octanol–water partition coefficient (Wildman–Crippen LogP) is 2.46. The van der Waals surface area contributed by atoms with Gasteiger partial charge in [0.1, 0.15) is 6.04 Å². The van der Waals surface area contributed by atoms with Crippen molar-refractivity contribution in [3.63, 3.8) is 0 Å². The molecule has 1 N–H and O–H groups in total. The number of amides is 1. The van der Waals surface area contributed by atoms with Gasteiger partial charge in [-0.1, -0.05) is 43.7 Å². The van der Waals surface area contributed by atoms with Crippen molar-refractivity contribution in [2.45, 2.75) is 57.5 Å². The van der Waals surface area contributed by atoms with Crippen molar-refractivity contribution < 1.29 is 9.53 Å². The molecule has 0 spiro atoms. The van der Waals surface area contributed by atoms with E-state index in [-0.39, 0.29) is 30.3 Å². The Labute approximate surface area is 126 Å². The normalized spacial score (nSPS) is 32.9. The van der Waals surface area contributed by atoms with Gasteiger partial charge < -0.3 is 9.64 Å². The first-order valence-electron chi connectivity index (χ1n) is 7.97. The van der Waals surface area contributed by atoms with Crippen molar-refractivity contribution in [1.82, 2.24) is 10.2 Å². The molecule has 2 aliphatic rings. The largest absolute Gasteiger partial charge is 0.376 e. The zero-order chi connectivity index (χ0) is 14.8. The summed E-state index contributed by atoms with van der Waals surface area (Å²) in [5, 5.41) is 3.53. The second kappa shape index (κ2) is 6.16. The van der Waals surface area contributed by atoms with Crippen LogP contribution >= 0.6 is 0 Å². The van der Waals surface area contributed by atoms with E-state index in [0.717, 1.165) is 31.4 Å². The predicted molar refractivity (Wildman–Crippen MR) is 81.7 cm³/mol. The van der Waals surface area contributed by atoms with E-state index in [9.17, 15) is 4.79 Å². The van der Waals surface area contributed by atoms with Crippen LogP contribution in [0, 0.1) is 0 Å². The second-order valence-corrected chi connectivity index (χ2v) is 5.99. The van der Waals surface area contributed by atoms with Gasteiger partial charge in [0.2, 0.25) is 5.91 Å². The van der Waals surface area contributed by atoms with Crippen LogP contribution in [0.3, 0.4) is 0 Å². The van der Waals surface area contributed by atoms with Crippen molar-refractivity contribution in [3.05, 3.63) is 35.9 Å². The van der Waals surface area contributed by atoms with Crippen LogP contribution < -0.4 is 5.32 Å². The molecule has 0 bridgehead atoms. The van der Waals surface area contributed by atoms with Gasteiger partial charge in [-0.15, -0.1) is 0 Å². The molecule has 0 aliphatic carbocycles. The van der Waals surface area contributed by atoms with Crippen molar-refractivity contribution in [1.29, 1.82) is 0 Å². The molecule has 2 aliphatic heterocycles. The van der Waals surface area contributed by atoms with E-state index in [2.05, 4.69) is 24.1 Å². The van der Waals surface area contributed by atoms with Crippen LogP contribution in [0.4, 0.5) is 0 Å². The highest BCUT2D eigenvalue weighted by Crippen LogP contribution is 2.32. The number of rotatable bonds is 4. The number of benzene rings is 1. The van der Waals surface area contributed by atoms with Crippen LogP contribution in [0.1, 0.15) is 44.7 Å². The number of nitrogens with one attached hydrogen (secondary N) is 1. The molecule has 1 aromatic rings. The summed E-state index contributed by atoms with van der Waals surface area (Å²) in [5.41, 5.74) is 1.05. The van der Waals surface area contributed by atoms with Crippen LogP contribution in [0.25, 0.3) is 0 Å².